The second kappa shape index (κ2) is 10.2. The minimum absolute atomic E-state index is 0.133. The lowest BCUT2D eigenvalue weighted by Crippen LogP contribution is -2.48. The summed E-state index contributed by atoms with van der Waals surface area (Å²) in [7, 11) is 0. The van der Waals surface area contributed by atoms with Crippen LogP contribution in [0.1, 0.15) is 43.0 Å². The molecule has 0 aliphatic rings. The lowest BCUT2D eigenvalue weighted by Gasteiger charge is -2.29. The van der Waals surface area contributed by atoms with Crippen LogP contribution in [0.5, 0.6) is 0 Å². The van der Waals surface area contributed by atoms with Gasteiger partial charge >= 0.3 is 0 Å². The first kappa shape index (κ1) is 22.6. The van der Waals surface area contributed by atoms with Crippen LogP contribution in [0.15, 0.2) is 42.5 Å². The van der Waals surface area contributed by atoms with Crippen LogP contribution in [0.4, 0.5) is 4.39 Å². The monoisotopic (exact) mass is 398 g/mol. The molecule has 0 aliphatic heterocycles. The van der Waals surface area contributed by atoms with Gasteiger partial charge in [-0.1, -0.05) is 55.3 Å². The number of benzene rings is 2. The van der Waals surface area contributed by atoms with Crippen molar-refractivity contribution in [1.82, 2.24) is 10.2 Å². The highest BCUT2D eigenvalue weighted by Crippen LogP contribution is 2.15. The lowest BCUT2D eigenvalue weighted by atomic mass is 10.0. The Bertz CT molecular complexity index is 826. The number of halogens is 1. The van der Waals surface area contributed by atoms with E-state index < -0.39 is 6.04 Å². The summed E-state index contributed by atoms with van der Waals surface area (Å²) in [5.74, 6) is -0.326. The molecule has 2 aromatic carbocycles. The number of hydrogen-bond acceptors (Lipinski definition) is 2. The van der Waals surface area contributed by atoms with E-state index in [-0.39, 0.29) is 30.6 Å². The molecule has 1 N–H and O–H groups in total. The molecule has 156 valence electrons. The van der Waals surface area contributed by atoms with E-state index in [2.05, 4.69) is 11.4 Å². The van der Waals surface area contributed by atoms with Gasteiger partial charge in [0.15, 0.2) is 0 Å². The fraction of sp³-hybridized carbons (Fsp3) is 0.417. The summed E-state index contributed by atoms with van der Waals surface area (Å²) < 4.78 is 13.3. The summed E-state index contributed by atoms with van der Waals surface area (Å²) in [5.41, 5.74) is 3.90. The van der Waals surface area contributed by atoms with E-state index in [1.807, 2.05) is 39.8 Å². The predicted molar refractivity (Wildman–Crippen MR) is 114 cm³/mol. The Morgan fingerprint density at radius 1 is 0.966 bits per heavy atom. The van der Waals surface area contributed by atoms with Crippen LogP contribution in [0, 0.1) is 25.6 Å². The Labute approximate surface area is 173 Å². The molecular weight excluding hydrogens is 367 g/mol. The molecule has 0 fully saturated rings. The summed E-state index contributed by atoms with van der Waals surface area (Å²) in [6.45, 7) is 10.6. The fourth-order valence-electron chi connectivity index (χ4n) is 3.27. The van der Waals surface area contributed by atoms with Gasteiger partial charge in [-0.25, -0.2) is 4.39 Å². The Kier molecular flexibility index (Phi) is 7.94. The molecule has 0 spiro atoms. The van der Waals surface area contributed by atoms with E-state index in [1.54, 1.807) is 24.0 Å². The van der Waals surface area contributed by atoms with Gasteiger partial charge in [0, 0.05) is 13.1 Å². The average molecular weight is 399 g/mol. The van der Waals surface area contributed by atoms with E-state index in [1.165, 1.54) is 12.1 Å². The number of carbonyl (C=O) groups is 2. The molecular formula is C24H31FN2O2. The highest BCUT2D eigenvalue weighted by Gasteiger charge is 2.26. The van der Waals surface area contributed by atoms with Gasteiger partial charge in [-0.05, 0) is 49.9 Å². The molecule has 0 radical (unpaired) electrons. The van der Waals surface area contributed by atoms with Crippen LogP contribution in [0.3, 0.4) is 0 Å². The van der Waals surface area contributed by atoms with Gasteiger partial charge in [0.2, 0.25) is 11.8 Å². The molecule has 0 heterocycles. The third-order valence-corrected chi connectivity index (χ3v) is 4.75. The largest absolute Gasteiger partial charge is 0.354 e. The second-order valence-corrected chi connectivity index (χ2v) is 8.14. The van der Waals surface area contributed by atoms with Gasteiger partial charge in [0.05, 0.1) is 6.42 Å². The molecule has 0 bridgehead atoms. The van der Waals surface area contributed by atoms with Crippen molar-refractivity contribution in [2.75, 3.05) is 6.54 Å². The number of nitrogens with one attached hydrogen (secondary N) is 1. The minimum Gasteiger partial charge on any atom is -0.354 e. The topological polar surface area (TPSA) is 49.4 Å². The molecule has 29 heavy (non-hydrogen) atoms. The quantitative estimate of drug-likeness (QED) is 0.725. The first-order chi connectivity index (χ1) is 13.7. The number of nitrogens with zero attached hydrogens (tertiary/aromatic N) is 1. The molecule has 0 saturated heterocycles. The van der Waals surface area contributed by atoms with Crippen molar-refractivity contribution in [3.05, 3.63) is 70.5 Å². The first-order valence-electron chi connectivity index (χ1n) is 10.0. The Morgan fingerprint density at radius 2 is 1.55 bits per heavy atom. The van der Waals surface area contributed by atoms with Gasteiger partial charge in [0.25, 0.3) is 0 Å². The van der Waals surface area contributed by atoms with Crippen molar-refractivity contribution < 1.29 is 14.0 Å². The Morgan fingerprint density at radius 3 is 2.10 bits per heavy atom. The minimum atomic E-state index is -0.628. The molecule has 2 aromatic rings. The van der Waals surface area contributed by atoms with Crippen molar-refractivity contribution in [2.45, 2.75) is 53.6 Å². The molecule has 1 atom stereocenters. The molecule has 0 aromatic heterocycles. The molecule has 0 unspecified atom stereocenters. The molecule has 4 nitrogen and oxygen atoms in total. The van der Waals surface area contributed by atoms with E-state index in [4.69, 9.17) is 0 Å². The first-order valence-corrected chi connectivity index (χ1v) is 10.0. The third-order valence-electron chi connectivity index (χ3n) is 4.75. The summed E-state index contributed by atoms with van der Waals surface area (Å²) >= 11 is 0. The summed E-state index contributed by atoms with van der Waals surface area (Å²) in [4.78, 5) is 27.4. The molecule has 0 aliphatic carbocycles. The zero-order chi connectivity index (χ0) is 21.6. The zero-order valence-electron chi connectivity index (χ0n) is 18.0. The third kappa shape index (κ3) is 7.00. The van der Waals surface area contributed by atoms with Gasteiger partial charge in [-0.2, -0.15) is 0 Å². The van der Waals surface area contributed by atoms with Gasteiger partial charge in [-0.15, -0.1) is 0 Å². The molecule has 2 rings (SSSR count). The van der Waals surface area contributed by atoms with Gasteiger partial charge in [0.1, 0.15) is 11.9 Å². The van der Waals surface area contributed by atoms with Crippen molar-refractivity contribution in [3.63, 3.8) is 0 Å². The van der Waals surface area contributed by atoms with Crippen LogP contribution >= 0.6 is 0 Å². The van der Waals surface area contributed by atoms with Crippen LogP contribution < -0.4 is 5.32 Å². The summed E-state index contributed by atoms with van der Waals surface area (Å²) in [6.07, 6.45) is 0.214. The van der Waals surface area contributed by atoms with E-state index in [0.29, 0.717) is 12.5 Å². The van der Waals surface area contributed by atoms with Crippen molar-refractivity contribution in [1.29, 1.82) is 0 Å². The van der Waals surface area contributed by atoms with Crippen LogP contribution in [-0.4, -0.2) is 29.3 Å². The molecule has 0 saturated carbocycles. The standard InChI is InChI=1S/C24H31FN2O2/c1-16(2)14-26-24(29)19(5)27(15-20-6-8-22(25)9-7-20)23(28)13-21-11-17(3)10-18(4)12-21/h6-12,16,19H,13-15H2,1-5H3,(H,26,29)/t19-/m1/s1. The molecule has 5 heteroatoms. The van der Waals surface area contributed by atoms with Gasteiger partial charge in [-0.3, -0.25) is 9.59 Å². The average Bonchev–Trinajstić information content (AvgIpc) is 2.64. The maximum absolute atomic E-state index is 13.3. The molecule has 2 amide bonds. The lowest BCUT2D eigenvalue weighted by molar-refractivity contribution is -0.140. The van der Waals surface area contributed by atoms with Crippen LogP contribution in [0.2, 0.25) is 0 Å². The predicted octanol–water partition coefficient (Wildman–Crippen LogP) is 4.17. The van der Waals surface area contributed by atoms with E-state index in [9.17, 15) is 14.0 Å². The van der Waals surface area contributed by atoms with Crippen molar-refractivity contribution in [3.8, 4) is 0 Å². The second-order valence-electron chi connectivity index (χ2n) is 8.14. The maximum Gasteiger partial charge on any atom is 0.242 e. The number of aryl methyl sites for hydroxylation is 2. The van der Waals surface area contributed by atoms with Crippen LogP contribution in [0.25, 0.3) is 0 Å². The number of carbonyl (C=O) groups excluding carboxylic acids is 2. The van der Waals surface area contributed by atoms with E-state index >= 15 is 0 Å². The zero-order valence-corrected chi connectivity index (χ0v) is 18.0. The van der Waals surface area contributed by atoms with Crippen LogP contribution in [-0.2, 0) is 22.6 Å². The number of amides is 2. The summed E-state index contributed by atoms with van der Waals surface area (Å²) in [6, 6.07) is 11.4. The SMILES string of the molecule is Cc1cc(C)cc(CC(=O)N(Cc2ccc(F)cc2)[C@H](C)C(=O)NCC(C)C)c1. The Balaban J connectivity index is 2.23. The van der Waals surface area contributed by atoms with Gasteiger partial charge < -0.3 is 10.2 Å². The van der Waals surface area contributed by atoms with Crippen molar-refractivity contribution >= 4 is 11.8 Å². The Hall–Kier alpha value is -2.69. The number of rotatable bonds is 8. The maximum atomic E-state index is 13.3. The van der Waals surface area contributed by atoms with Crippen molar-refractivity contribution in [2.24, 2.45) is 5.92 Å². The number of hydrogen-bond donors (Lipinski definition) is 1. The normalized spacial score (nSPS) is 12.0. The highest BCUT2D eigenvalue weighted by molar-refractivity contribution is 5.88. The van der Waals surface area contributed by atoms with E-state index in [0.717, 1.165) is 22.3 Å². The fourth-order valence-corrected chi connectivity index (χ4v) is 3.27. The summed E-state index contributed by atoms with van der Waals surface area (Å²) in [5, 5.41) is 2.90. The highest BCUT2D eigenvalue weighted by atomic mass is 19.1. The smallest absolute Gasteiger partial charge is 0.242 e.